The molecule has 124 valence electrons. The van der Waals surface area contributed by atoms with Crippen molar-refractivity contribution < 1.29 is 34.1 Å². The van der Waals surface area contributed by atoms with Gasteiger partial charge in [0.05, 0.1) is 23.7 Å². The van der Waals surface area contributed by atoms with Crippen LogP contribution >= 0.6 is 0 Å². The molecule has 0 bridgehead atoms. The molecule has 4 unspecified atom stereocenters. The summed E-state index contributed by atoms with van der Waals surface area (Å²) in [6.45, 7) is 0. The maximum atomic E-state index is 12.1. The lowest BCUT2D eigenvalue weighted by atomic mass is 9.83. The van der Waals surface area contributed by atoms with Crippen molar-refractivity contribution in [3.63, 3.8) is 0 Å². The smallest absolute Gasteiger partial charge is 0.317 e. The second-order valence-corrected chi connectivity index (χ2v) is 5.69. The first-order valence-electron chi connectivity index (χ1n) is 7.46. The summed E-state index contributed by atoms with van der Waals surface area (Å²) in [5.41, 5.74) is 0. The lowest BCUT2D eigenvalue weighted by molar-refractivity contribution is -0.171. The Labute approximate surface area is 132 Å². The zero-order chi connectivity index (χ0) is 17.0. The minimum Gasteiger partial charge on any atom is -0.481 e. The number of aliphatic carboxylic acids is 2. The Morgan fingerprint density at radius 2 is 1.17 bits per heavy atom. The molecule has 23 heavy (non-hydrogen) atoms. The van der Waals surface area contributed by atoms with Gasteiger partial charge in [0.2, 0.25) is 0 Å². The fourth-order valence-corrected chi connectivity index (χ4v) is 2.95. The molecule has 2 aliphatic carbocycles. The zero-order valence-electron chi connectivity index (χ0n) is 12.4. The Morgan fingerprint density at radius 3 is 1.52 bits per heavy atom. The molecule has 0 aliphatic heterocycles. The molecule has 0 aromatic rings. The molecule has 0 radical (unpaired) electrons. The predicted molar refractivity (Wildman–Crippen MR) is 77.1 cm³/mol. The predicted octanol–water partition coefficient (Wildman–Crippen LogP) is 1.39. The van der Waals surface area contributed by atoms with Crippen LogP contribution in [0.5, 0.6) is 0 Å². The molecule has 0 aromatic carbocycles. The van der Waals surface area contributed by atoms with Crippen LogP contribution in [-0.2, 0) is 23.9 Å². The molecule has 0 aromatic heterocycles. The molecule has 4 atom stereocenters. The second kappa shape index (κ2) is 7.21. The van der Waals surface area contributed by atoms with Crippen molar-refractivity contribution in [3.05, 3.63) is 24.3 Å². The van der Waals surface area contributed by atoms with Gasteiger partial charge in [-0.2, -0.15) is 0 Å². The van der Waals surface area contributed by atoms with Gasteiger partial charge < -0.3 is 14.9 Å². The summed E-state index contributed by atoms with van der Waals surface area (Å²) in [4.78, 5) is 46.6. The molecule has 0 fully saturated rings. The number of carboxylic acid groups (broad SMARTS) is 2. The number of rotatable bonds is 4. The van der Waals surface area contributed by atoms with Gasteiger partial charge in [0, 0.05) is 0 Å². The standard InChI is InChI=1S/C16H18O7/c17-13(18)9-5-1-3-7-11(9)15(21)23-16(22)12-8-4-2-6-10(12)14(19)20/h1-2,5-6,9-12H,3-4,7-8H2,(H,17,18)(H,19,20). The fourth-order valence-electron chi connectivity index (χ4n) is 2.95. The van der Waals surface area contributed by atoms with Crippen LogP contribution in [-0.4, -0.2) is 34.1 Å². The third kappa shape index (κ3) is 3.85. The summed E-state index contributed by atoms with van der Waals surface area (Å²) in [6.07, 6.45) is 7.83. The average molecular weight is 322 g/mol. The monoisotopic (exact) mass is 322 g/mol. The van der Waals surface area contributed by atoms with Gasteiger partial charge >= 0.3 is 23.9 Å². The number of allylic oxidation sites excluding steroid dienone is 2. The number of hydrogen-bond acceptors (Lipinski definition) is 5. The van der Waals surface area contributed by atoms with E-state index in [0.29, 0.717) is 12.8 Å². The maximum Gasteiger partial charge on any atom is 0.317 e. The van der Waals surface area contributed by atoms with Crippen LogP contribution in [0.2, 0.25) is 0 Å². The van der Waals surface area contributed by atoms with E-state index < -0.39 is 47.5 Å². The van der Waals surface area contributed by atoms with Crippen molar-refractivity contribution in [2.24, 2.45) is 23.7 Å². The molecule has 0 heterocycles. The first-order chi connectivity index (χ1) is 10.9. The van der Waals surface area contributed by atoms with Crippen LogP contribution in [0.4, 0.5) is 0 Å². The highest BCUT2D eigenvalue weighted by Crippen LogP contribution is 2.29. The Bertz CT molecular complexity index is 525. The summed E-state index contributed by atoms with van der Waals surface area (Å²) >= 11 is 0. The molecule has 0 saturated carbocycles. The second-order valence-electron chi connectivity index (χ2n) is 5.69. The van der Waals surface area contributed by atoms with Gasteiger partial charge in [-0.1, -0.05) is 24.3 Å². The van der Waals surface area contributed by atoms with E-state index in [2.05, 4.69) is 0 Å². The van der Waals surface area contributed by atoms with E-state index in [0.717, 1.165) is 0 Å². The van der Waals surface area contributed by atoms with Gasteiger partial charge in [-0.05, 0) is 25.7 Å². The molecule has 2 rings (SSSR count). The van der Waals surface area contributed by atoms with Crippen molar-refractivity contribution >= 4 is 23.9 Å². The SMILES string of the molecule is O=C(O)C1C=CCCC1C(=O)OC(=O)C1CCC=CC1C(=O)O. The first kappa shape index (κ1) is 16.9. The minimum absolute atomic E-state index is 0.284. The summed E-state index contributed by atoms with van der Waals surface area (Å²) in [7, 11) is 0. The van der Waals surface area contributed by atoms with E-state index in [4.69, 9.17) is 14.9 Å². The summed E-state index contributed by atoms with van der Waals surface area (Å²) < 4.78 is 4.82. The molecular formula is C16H18O7. The molecule has 2 aliphatic rings. The van der Waals surface area contributed by atoms with Gasteiger partial charge in [0.1, 0.15) is 0 Å². The molecule has 0 spiro atoms. The highest BCUT2D eigenvalue weighted by molar-refractivity contribution is 5.92. The molecule has 2 N–H and O–H groups in total. The molecular weight excluding hydrogens is 304 g/mol. The third-order valence-corrected chi connectivity index (χ3v) is 4.22. The highest BCUT2D eigenvalue weighted by Gasteiger charge is 2.39. The summed E-state index contributed by atoms with van der Waals surface area (Å²) in [5, 5.41) is 18.2. The van der Waals surface area contributed by atoms with E-state index in [1.807, 2.05) is 0 Å². The number of esters is 2. The quantitative estimate of drug-likeness (QED) is 0.456. The number of carbonyl (C=O) groups is 4. The molecule has 0 saturated heterocycles. The van der Waals surface area contributed by atoms with Crippen LogP contribution in [0.25, 0.3) is 0 Å². The largest absolute Gasteiger partial charge is 0.481 e. The Balaban J connectivity index is 2.05. The van der Waals surface area contributed by atoms with Crippen molar-refractivity contribution in [2.45, 2.75) is 25.7 Å². The third-order valence-electron chi connectivity index (χ3n) is 4.22. The van der Waals surface area contributed by atoms with Crippen molar-refractivity contribution in [3.8, 4) is 0 Å². The van der Waals surface area contributed by atoms with Crippen LogP contribution in [0.3, 0.4) is 0 Å². The van der Waals surface area contributed by atoms with Gasteiger partial charge in [-0.15, -0.1) is 0 Å². The first-order valence-corrected chi connectivity index (χ1v) is 7.46. The topological polar surface area (TPSA) is 118 Å². The average Bonchev–Trinajstić information content (AvgIpc) is 2.54. The van der Waals surface area contributed by atoms with Crippen LogP contribution < -0.4 is 0 Å². The number of hydrogen-bond donors (Lipinski definition) is 2. The Morgan fingerprint density at radius 1 is 0.783 bits per heavy atom. The van der Waals surface area contributed by atoms with Crippen LogP contribution in [0.15, 0.2) is 24.3 Å². The van der Waals surface area contributed by atoms with Gasteiger partial charge in [-0.3, -0.25) is 19.2 Å². The van der Waals surface area contributed by atoms with Crippen molar-refractivity contribution in [2.75, 3.05) is 0 Å². The van der Waals surface area contributed by atoms with Gasteiger partial charge in [0.15, 0.2) is 0 Å². The summed E-state index contributed by atoms with van der Waals surface area (Å²) in [6, 6.07) is 0. The zero-order valence-corrected chi connectivity index (χ0v) is 12.4. The van der Waals surface area contributed by atoms with E-state index in [1.165, 1.54) is 12.2 Å². The molecule has 7 heteroatoms. The lowest BCUT2D eigenvalue weighted by Crippen LogP contribution is -2.37. The van der Waals surface area contributed by atoms with E-state index in [1.54, 1.807) is 12.2 Å². The number of ether oxygens (including phenoxy) is 1. The highest BCUT2D eigenvalue weighted by atomic mass is 16.6. The fraction of sp³-hybridized carbons (Fsp3) is 0.500. The van der Waals surface area contributed by atoms with Crippen molar-refractivity contribution in [1.82, 2.24) is 0 Å². The van der Waals surface area contributed by atoms with E-state index in [9.17, 15) is 19.2 Å². The van der Waals surface area contributed by atoms with Crippen LogP contribution in [0.1, 0.15) is 25.7 Å². The molecule has 7 nitrogen and oxygen atoms in total. The normalized spacial score (nSPS) is 29.7. The molecule has 0 amide bonds. The number of carbonyl (C=O) groups excluding carboxylic acids is 2. The van der Waals surface area contributed by atoms with E-state index in [-0.39, 0.29) is 12.8 Å². The summed E-state index contributed by atoms with van der Waals surface area (Å²) in [5.74, 6) is -8.00. The van der Waals surface area contributed by atoms with Crippen LogP contribution in [0, 0.1) is 23.7 Å². The Hall–Kier alpha value is -2.44. The van der Waals surface area contributed by atoms with Gasteiger partial charge in [-0.25, -0.2) is 0 Å². The minimum atomic E-state index is -1.15. The Kier molecular flexibility index (Phi) is 5.31. The maximum absolute atomic E-state index is 12.1. The van der Waals surface area contributed by atoms with Gasteiger partial charge in [0.25, 0.3) is 0 Å². The number of carboxylic acids is 2. The van der Waals surface area contributed by atoms with Crippen molar-refractivity contribution in [1.29, 1.82) is 0 Å². The lowest BCUT2D eigenvalue weighted by Gasteiger charge is -2.25. The van der Waals surface area contributed by atoms with E-state index >= 15 is 0 Å².